The number of nitrogens with one attached hydrogen (secondary N) is 2. The van der Waals surface area contributed by atoms with E-state index < -0.39 is 6.61 Å². The highest BCUT2D eigenvalue weighted by atomic mass is 19.3. The molecule has 3 rings (SSSR count). The number of hydrogen-bond donors (Lipinski definition) is 2. The van der Waals surface area contributed by atoms with Crippen molar-refractivity contribution in [2.45, 2.75) is 12.7 Å². The average molecular weight is 407 g/mol. The largest absolute Gasteiger partial charge is 0.493 e. The highest BCUT2D eigenvalue weighted by Crippen LogP contribution is 2.29. The van der Waals surface area contributed by atoms with E-state index in [0.29, 0.717) is 18.8 Å². The lowest BCUT2D eigenvalue weighted by Gasteiger charge is -2.28. The zero-order chi connectivity index (χ0) is 20.6. The van der Waals surface area contributed by atoms with Crippen LogP contribution in [0.2, 0.25) is 0 Å². The third-order valence-electron chi connectivity index (χ3n) is 4.84. The lowest BCUT2D eigenvalue weighted by atomic mass is 10.0. The summed E-state index contributed by atoms with van der Waals surface area (Å²) >= 11 is 0. The van der Waals surface area contributed by atoms with Crippen LogP contribution in [0.25, 0.3) is 0 Å². The van der Waals surface area contributed by atoms with E-state index in [-0.39, 0.29) is 23.4 Å². The fraction of sp³-hybridized carbons (Fsp3) is 0.381. The molecule has 0 spiro atoms. The van der Waals surface area contributed by atoms with E-state index in [1.165, 1.54) is 30.2 Å². The van der Waals surface area contributed by atoms with E-state index in [2.05, 4.69) is 10.1 Å². The minimum absolute atomic E-state index is 0.0769. The van der Waals surface area contributed by atoms with Gasteiger partial charge in [-0.15, -0.1) is 0 Å². The zero-order valence-corrected chi connectivity index (χ0v) is 16.2. The fourth-order valence-electron chi connectivity index (χ4n) is 3.33. The van der Waals surface area contributed by atoms with Crippen LogP contribution in [0.1, 0.15) is 22.0 Å². The summed E-state index contributed by atoms with van der Waals surface area (Å²) in [6, 6.07) is 13.7. The van der Waals surface area contributed by atoms with Gasteiger partial charge in [-0.25, -0.2) is 0 Å². The molecule has 0 aromatic heterocycles. The summed E-state index contributed by atoms with van der Waals surface area (Å²) in [5, 5.41) is 3.06. The van der Waals surface area contributed by atoms with Crippen LogP contribution in [0, 0.1) is 0 Å². The van der Waals surface area contributed by atoms with Crippen molar-refractivity contribution in [3.63, 3.8) is 0 Å². The summed E-state index contributed by atoms with van der Waals surface area (Å²) < 4.78 is 39.9. The Balaban J connectivity index is 1.76. The van der Waals surface area contributed by atoms with Crippen molar-refractivity contribution in [2.24, 2.45) is 0 Å². The Hall–Kier alpha value is -2.71. The van der Waals surface area contributed by atoms with Crippen LogP contribution in [0.3, 0.4) is 0 Å². The van der Waals surface area contributed by atoms with Gasteiger partial charge in [-0.1, -0.05) is 30.3 Å². The fourth-order valence-corrected chi connectivity index (χ4v) is 3.33. The van der Waals surface area contributed by atoms with Gasteiger partial charge in [0.1, 0.15) is 25.7 Å². The standard InChI is InChI=1S/C21H24F2N2O4/c1-27-19-13-16(7-8-18(19)29-21(22)23)20(26)24-17(15-5-3-2-4-6-15)14-25-9-11-28-12-10-25/h2-8,13,17,21H,9-12,14H2,1H3,(H,24,26)/p+1/t17-/m0/s1. The highest BCUT2D eigenvalue weighted by molar-refractivity contribution is 5.95. The van der Waals surface area contributed by atoms with Crippen LogP contribution in [-0.2, 0) is 4.74 Å². The summed E-state index contributed by atoms with van der Waals surface area (Å²) in [6.07, 6.45) is 0. The molecule has 0 bridgehead atoms. The molecule has 8 heteroatoms. The van der Waals surface area contributed by atoms with Crippen LogP contribution in [0.15, 0.2) is 48.5 Å². The summed E-state index contributed by atoms with van der Waals surface area (Å²) in [4.78, 5) is 14.2. The molecule has 156 valence electrons. The Morgan fingerprint density at radius 3 is 2.52 bits per heavy atom. The Bertz CT molecular complexity index is 799. The minimum atomic E-state index is -2.97. The third kappa shape index (κ3) is 5.88. The Morgan fingerprint density at radius 2 is 1.86 bits per heavy atom. The number of ether oxygens (including phenoxy) is 3. The first kappa shape index (κ1) is 21.0. The Kier molecular flexibility index (Phi) is 7.37. The maximum Gasteiger partial charge on any atom is 0.387 e. The molecule has 0 saturated carbocycles. The van der Waals surface area contributed by atoms with Gasteiger partial charge >= 0.3 is 6.61 Å². The minimum Gasteiger partial charge on any atom is -0.493 e. The zero-order valence-electron chi connectivity index (χ0n) is 16.2. The smallest absolute Gasteiger partial charge is 0.387 e. The molecule has 1 fully saturated rings. The summed E-state index contributed by atoms with van der Waals surface area (Å²) in [6.45, 7) is 0.922. The lowest BCUT2D eigenvalue weighted by Crippen LogP contribution is -3.14. The van der Waals surface area contributed by atoms with Crippen molar-refractivity contribution in [2.75, 3.05) is 40.0 Å². The molecule has 2 aromatic carbocycles. The normalized spacial score (nSPS) is 15.7. The molecule has 1 aliphatic rings. The molecule has 1 heterocycles. The lowest BCUT2D eigenvalue weighted by molar-refractivity contribution is -0.909. The molecule has 0 radical (unpaired) electrons. The van der Waals surface area contributed by atoms with Crippen LogP contribution < -0.4 is 19.7 Å². The summed E-state index contributed by atoms with van der Waals surface area (Å²) in [5.41, 5.74) is 1.31. The van der Waals surface area contributed by atoms with Gasteiger partial charge in [-0.3, -0.25) is 4.79 Å². The van der Waals surface area contributed by atoms with E-state index in [1.54, 1.807) is 0 Å². The van der Waals surface area contributed by atoms with Crippen LogP contribution in [0.5, 0.6) is 11.5 Å². The van der Waals surface area contributed by atoms with E-state index in [0.717, 1.165) is 25.2 Å². The molecule has 1 aliphatic heterocycles. The van der Waals surface area contributed by atoms with Crippen molar-refractivity contribution in [1.29, 1.82) is 0 Å². The van der Waals surface area contributed by atoms with Gasteiger partial charge in [0.2, 0.25) is 0 Å². The number of hydrogen-bond acceptors (Lipinski definition) is 4. The third-order valence-corrected chi connectivity index (χ3v) is 4.84. The van der Waals surface area contributed by atoms with Crippen molar-refractivity contribution in [3.8, 4) is 11.5 Å². The van der Waals surface area contributed by atoms with Gasteiger partial charge in [-0.2, -0.15) is 8.78 Å². The second-order valence-electron chi connectivity index (χ2n) is 6.75. The number of morpholine rings is 1. The van der Waals surface area contributed by atoms with E-state index >= 15 is 0 Å². The van der Waals surface area contributed by atoms with Gasteiger partial charge in [0.05, 0.1) is 20.3 Å². The SMILES string of the molecule is COc1cc(C(=O)N[C@@H](C[NH+]2CCOCC2)c2ccccc2)ccc1OC(F)F. The number of rotatable bonds is 8. The number of carbonyl (C=O) groups is 1. The first-order chi connectivity index (χ1) is 14.1. The number of quaternary nitrogens is 1. The number of benzene rings is 2. The maximum atomic E-state index is 12.9. The average Bonchev–Trinajstić information content (AvgIpc) is 2.74. The van der Waals surface area contributed by atoms with Gasteiger partial charge in [0.15, 0.2) is 11.5 Å². The van der Waals surface area contributed by atoms with E-state index in [4.69, 9.17) is 9.47 Å². The van der Waals surface area contributed by atoms with Gasteiger partial charge in [0.25, 0.3) is 5.91 Å². The number of methoxy groups -OCH3 is 1. The number of alkyl halides is 2. The van der Waals surface area contributed by atoms with Crippen LogP contribution >= 0.6 is 0 Å². The van der Waals surface area contributed by atoms with Crippen molar-refractivity contribution >= 4 is 5.91 Å². The quantitative estimate of drug-likeness (QED) is 0.699. The Labute approximate surface area is 168 Å². The number of halogens is 2. The first-order valence-corrected chi connectivity index (χ1v) is 9.47. The van der Waals surface area contributed by atoms with E-state index in [1.807, 2.05) is 30.3 Å². The molecule has 0 unspecified atom stereocenters. The molecular formula is C21H25F2N2O4+. The van der Waals surface area contributed by atoms with Gasteiger partial charge in [0, 0.05) is 5.56 Å². The highest BCUT2D eigenvalue weighted by Gasteiger charge is 2.24. The predicted octanol–water partition coefficient (Wildman–Crippen LogP) is 1.68. The molecule has 2 N–H and O–H groups in total. The molecule has 1 amide bonds. The Morgan fingerprint density at radius 1 is 1.14 bits per heavy atom. The monoisotopic (exact) mass is 407 g/mol. The number of carbonyl (C=O) groups excluding carboxylic acids is 1. The first-order valence-electron chi connectivity index (χ1n) is 9.47. The van der Waals surface area contributed by atoms with Crippen molar-refractivity contribution in [1.82, 2.24) is 5.32 Å². The van der Waals surface area contributed by atoms with Crippen LogP contribution in [0.4, 0.5) is 8.78 Å². The summed E-state index contributed by atoms with van der Waals surface area (Å²) in [7, 11) is 1.34. The van der Waals surface area contributed by atoms with Crippen molar-refractivity contribution < 1.29 is 32.7 Å². The molecule has 1 atom stereocenters. The molecule has 29 heavy (non-hydrogen) atoms. The second kappa shape index (κ2) is 10.2. The topological polar surface area (TPSA) is 61.2 Å². The number of amides is 1. The maximum absolute atomic E-state index is 12.9. The van der Waals surface area contributed by atoms with E-state index in [9.17, 15) is 13.6 Å². The molecule has 2 aromatic rings. The molecule has 1 saturated heterocycles. The predicted molar refractivity (Wildman–Crippen MR) is 103 cm³/mol. The summed E-state index contributed by atoms with van der Waals surface area (Å²) in [5.74, 6) is -0.349. The second-order valence-corrected chi connectivity index (χ2v) is 6.75. The molecule has 0 aliphatic carbocycles. The van der Waals surface area contributed by atoms with Crippen LogP contribution in [-0.4, -0.2) is 52.5 Å². The van der Waals surface area contributed by atoms with Gasteiger partial charge < -0.3 is 24.4 Å². The molecule has 6 nitrogen and oxygen atoms in total. The van der Waals surface area contributed by atoms with Gasteiger partial charge in [-0.05, 0) is 23.8 Å². The molecular weight excluding hydrogens is 382 g/mol. The van der Waals surface area contributed by atoms with Crippen molar-refractivity contribution in [3.05, 3.63) is 59.7 Å².